The van der Waals surface area contributed by atoms with E-state index in [1.807, 2.05) is 0 Å². The highest BCUT2D eigenvalue weighted by atomic mass is 19.2. The van der Waals surface area contributed by atoms with E-state index in [0.29, 0.717) is 5.56 Å². The Morgan fingerprint density at radius 2 is 2.06 bits per heavy atom. The van der Waals surface area contributed by atoms with Crippen molar-refractivity contribution in [2.75, 3.05) is 0 Å². The van der Waals surface area contributed by atoms with E-state index in [1.165, 1.54) is 6.07 Å². The number of carbonyl (C=O) groups excluding carboxylic acids is 1. The summed E-state index contributed by atoms with van der Waals surface area (Å²) in [6, 6.07) is 2.87. The van der Waals surface area contributed by atoms with Crippen LogP contribution in [0.25, 0.3) is 0 Å². The van der Waals surface area contributed by atoms with Crippen LogP contribution in [0.15, 0.2) is 18.2 Å². The SMILES string of the molecule is NC(=O)C(NC1CC1)c1ccc(F)c(F)c1. The molecule has 0 bridgehead atoms. The second-order valence-electron chi connectivity index (χ2n) is 3.95. The number of primary amides is 1. The minimum Gasteiger partial charge on any atom is -0.368 e. The molecular formula is C11H12F2N2O. The third-order valence-electron chi connectivity index (χ3n) is 2.54. The first kappa shape index (κ1) is 11.0. The van der Waals surface area contributed by atoms with Gasteiger partial charge in [-0.15, -0.1) is 0 Å². The number of halogens is 2. The Labute approximate surface area is 91.6 Å². The Bertz CT molecular complexity index is 418. The number of benzene rings is 1. The van der Waals surface area contributed by atoms with Crippen LogP contribution in [-0.2, 0) is 4.79 Å². The van der Waals surface area contributed by atoms with Gasteiger partial charge in [0.1, 0.15) is 6.04 Å². The molecule has 0 heterocycles. The van der Waals surface area contributed by atoms with E-state index in [4.69, 9.17) is 5.73 Å². The lowest BCUT2D eigenvalue weighted by Gasteiger charge is -2.15. The van der Waals surface area contributed by atoms with Crippen LogP contribution >= 0.6 is 0 Å². The zero-order valence-corrected chi connectivity index (χ0v) is 8.54. The average molecular weight is 226 g/mol. The van der Waals surface area contributed by atoms with E-state index < -0.39 is 23.6 Å². The molecule has 3 N–H and O–H groups in total. The minimum atomic E-state index is -0.971. The summed E-state index contributed by atoms with van der Waals surface area (Å²) in [5, 5.41) is 2.99. The zero-order chi connectivity index (χ0) is 11.7. The van der Waals surface area contributed by atoms with Crippen LogP contribution in [-0.4, -0.2) is 11.9 Å². The molecule has 0 radical (unpaired) electrons. The van der Waals surface area contributed by atoms with Gasteiger partial charge in [-0.1, -0.05) is 6.07 Å². The second-order valence-corrected chi connectivity index (χ2v) is 3.95. The number of hydrogen-bond acceptors (Lipinski definition) is 2. The predicted molar refractivity (Wildman–Crippen MR) is 54.5 cm³/mol. The van der Waals surface area contributed by atoms with Crippen LogP contribution in [0, 0.1) is 11.6 Å². The quantitative estimate of drug-likeness (QED) is 0.811. The van der Waals surface area contributed by atoms with Crippen LogP contribution in [0.2, 0.25) is 0 Å². The second kappa shape index (κ2) is 4.17. The van der Waals surface area contributed by atoms with Gasteiger partial charge in [0.25, 0.3) is 0 Å². The van der Waals surface area contributed by atoms with Crippen molar-refractivity contribution in [2.24, 2.45) is 5.73 Å². The van der Waals surface area contributed by atoms with Crippen LogP contribution in [0.3, 0.4) is 0 Å². The maximum atomic E-state index is 13.0. The van der Waals surface area contributed by atoms with Gasteiger partial charge < -0.3 is 5.73 Å². The monoisotopic (exact) mass is 226 g/mol. The van der Waals surface area contributed by atoms with Crippen LogP contribution in [0.4, 0.5) is 8.78 Å². The van der Waals surface area contributed by atoms with E-state index >= 15 is 0 Å². The maximum absolute atomic E-state index is 13.0. The van der Waals surface area contributed by atoms with Crippen molar-refractivity contribution >= 4 is 5.91 Å². The van der Waals surface area contributed by atoms with Crippen molar-refractivity contribution in [3.05, 3.63) is 35.4 Å². The molecule has 0 saturated heterocycles. The predicted octanol–water partition coefficient (Wildman–Crippen LogP) is 1.24. The number of hydrogen-bond donors (Lipinski definition) is 2. The highest BCUT2D eigenvalue weighted by Gasteiger charge is 2.28. The topological polar surface area (TPSA) is 55.1 Å². The van der Waals surface area contributed by atoms with Crippen LogP contribution in [0.1, 0.15) is 24.4 Å². The fourth-order valence-corrected chi connectivity index (χ4v) is 1.52. The molecule has 1 aromatic rings. The van der Waals surface area contributed by atoms with Gasteiger partial charge in [0.05, 0.1) is 0 Å². The Balaban J connectivity index is 2.22. The van der Waals surface area contributed by atoms with Crippen LogP contribution in [0.5, 0.6) is 0 Å². The summed E-state index contributed by atoms with van der Waals surface area (Å²) in [7, 11) is 0. The largest absolute Gasteiger partial charge is 0.368 e. The first-order valence-corrected chi connectivity index (χ1v) is 5.08. The van der Waals surface area contributed by atoms with Gasteiger partial charge in [-0.25, -0.2) is 8.78 Å². The van der Waals surface area contributed by atoms with E-state index in [2.05, 4.69) is 5.32 Å². The number of amides is 1. The molecule has 1 unspecified atom stereocenters. The third kappa shape index (κ3) is 2.36. The lowest BCUT2D eigenvalue weighted by Crippen LogP contribution is -2.35. The van der Waals surface area contributed by atoms with Crippen LogP contribution < -0.4 is 11.1 Å². The highest BCUT2D eigenvalue weighted by molar-refractivity contribution is 5.81. The molecule has 86 valence electrons. The van der Waals surface area contributed by atoms with Gasteiger partial charge in [0.2, 0.25) is 5.91 Å². The van der Waals surface area contributed by atoms with Crippen molar-refractivity contribution in [3.8, 4) is 0 Å². The van der Waals surface area contributed by atoms with E-state index in [-0.39, 0.29) is 6.04 Å². The fourth-order valence-electron chi connectivity index (χ4n) is 1.52. The van der Waals surface area contributed by atoms with Gasteiger partial charge in [-0.2, -0.15) is 0 Å². The van der Waals surface area contributed by atoms with Crippen molar-refractivity contribution < 1.29 is 13.6 Å². The lowest BCUT2D eigenvalue weighted by molar-refractivity contribution is -0.120. The molecule has 1 aromatic carbocycles. The molecule has 1 amide bonds. The third-order valence-corrected chi connectivity index (χ3v) is 2.54. The summed E-state index contributed by atoms with van der Waals surface area (Å²) in [6.07, 6.45) is 1.96. The summed E-state index contributed by atoms with van der Waals surface area (Å²) in [5.41, 5.74) is 5.57. The molecule has 16 heavy (non-hydrogen) atoms. The van der Waals surface area contributed by atoms with Gasteiger partial charge in [-0.05, 0) is 30.5 Å². The molecule has 0 spiro atoms. The number of nitrogens with one attached hydrogen (secondary N) is 1. The van der Waals surface area contributed by atoms with Gasteiger partial charge >= 0.3 is 0 Å². The molecular weight excluding hydrogens is 214 g/mol. The first-order chi connectivity index (χ1) is 7.58. The number of nitrogens with two attached hydrogens (primary N) is 1. The van der Waals surface area contributed by atoms with E-state index in [0.717, 1.165) is 25.0 Å². The summed E-state index contributed by atoms with van der Waals surface area (Å²) in [5.74, 6) is -2.49. The molecule has 1 aliphatic carbocycles. The Morgan fingerprint density at radius 3 is 2.56 bits per heavy atom. The molecule has 1 aliphatic rings. The van der Waals surface area contributed by atoms with Crippen molar-refractivity contribution in [2.45, 2.75) is 24.9 Å². The van der Waals surface area contributed by atoms with Crippen molar-refractivity contribution in [3.63, 3.8) is 0 Å². The molecule has 1 saturated carbocycles. The lowest BCUT2D eigenvalue weighted by atomic mass is 10.1. The fraction of sp³-hybridized carbons (Fsp3) is 0.364. The molecule has 3 nitrogen and oxygen atoms in total. The normalized spacial score (nSPS) is 17.1. The maximum Gasteiger partial charge on any atom is 0.239 e. The molecule has 1 atom stereocenters. The van der Waals surface area contributed by atoms with Gasteiger partial charge in [0.15, 0.2) is 11.6 Å². The van der Waals surface area contributed by atoms with Crippen molar-refractivity contribution in [1.29, 1.82) is 0 Å². The minimum absolute atomic E-state index is 0.255. The number of rotatable bonds is 4. The standard InChI is InChI=1S/C11H12F2N2O/c12-8-4-1-6(5-9(8)13)10(11(14)16)15-7-2-3-7/h1,4-5,7,10,15H,2-3H2,(H2,14,16). The summed E-state index contributed by atoms with van der Waals surface area (Å²) < 4.78 is 25.7. The summed E-state index contributed by atoms with van der Waals surface area (Å²) >= 11 is 0. The highest BCUT2D eigenvalue weighted by Crippen LogP contribution is 2.24. The summed E-state index contributed by atoms with van der Waals surface area (Å²) in [4.78, 5) is 11.2. The molecule has 5 heteroatoms. The molecule has 2 rings (SSSR count). The molecule has 0 aromatic heterocycles. The van der Waals surface area contributed by atoms with Gasteiger partial charge in [0, 0.05) is 6.04 Å². The van der Waals surface area contributed by atoms with Gasteiger partial charge in [-0.3, -0.25) is 10.1 Å². The van der Waals surface area contributed by atoms with E-state index in [9.17, 15) is 13.6 Å². The Hall–Kier alpha value is -1.49. The molecule has 0 aliphatic heterocycles. The van der Waals surface area contributed by atoms with E-state index in [1.54, 1.807) is 0 Å². The smallest absolute Gasteiger partial charge is 0.239 e. The average Bonchev–Trinajstić information content (AvgIpc) is 3.02. The first-order valence-electron chi connectivity index (χ1n) is 5.08. The Kier molecular flexibility index (Phi) is 2.87. The van der Waals surface area contributed by atoms with Crippen molar-refractivity contribution in [1.82, 2.24) is 5.32 Å². The zero-order valence-electron chi connectivity index (χ0n) is 8.54. The Morgan fingerprint density at radius 1 is 1.38 bits per heavy atom. The molecule has 1 fully saturated rings. The number of carbonyl (C=O) groups is 1. The summed E-state index contributed by atoms with van der Waals surface area (Å²) in [6.45, 7) is 0.